The Morgan fingerprint density at radius 3 is 2.61 bits per heavy atom. The number of anilines is 1. The minimum atomic E-state index is -0.992. The van der Waals surface area contributed by atoms with Crippen molar-refractivity contribution >= 4 is 40.2 Å². The van der Waals surface area contributed by atoms with Crippen molar-refractivity contribution in [2.75, 3.05) is 11.4 Å². The van der Waals surface area contributed by atoms with Crippen molar-refractivity contribution in [1.82, 2.24) is 9.88 Å². The molecule has 1 aliphatic carbocycles. The predicted octanol–water partition coefficient (Wildman–Crippen LogP) is 3.74. The maximum atomic E-state index is 13.2. The Kier molecular flexibility index (Phi) is 6.88. The summed E-state index contributed by atoms with van der Waals surface area (Å²) >= 11 is 1.38. The molecule has 2 aliphatic rings. The fourth-order valence-corrected chi connectivity index (χ4v) is 5.14. The number of aromatic nitrogens is 1. The van der Waals surface area contributed by atoms with E-state index < -0.39 is 23.9 Å². The van der Waals surface area contributed by atoms with Crippen LogP contribution in [0.1, 0.15) is 71.7 Å². The van der Waals surface area contributed by atoms with Crippen LogP contribution in [-0.4, -0.2) is 52.3 Å². The topological polar surface area (TPSA) is 96.9 Å². The Labute approximate surface area is 196 Å². The maximum Gasteiger partial charge on any atom is 0.308 e. The maximum absolute atomic E-state index is 13.2. The van der Waals surface area contributed by atoms with Gasteiger partial charge in [-0.25, -0.2) is 4.98 Å². The first-order valence-corrected chi connectivity index (χ1v) is 12.1. The molecule has 174 valence electrons. The average molecular weight is 470 g/mol. The molecule has 9 heteroatoms. The number of thiazole rings is 1. The molecule has 2 aromatic rings. The lowest BCUT2D eigenvalue weighted by molar-refractivity contribution is -0.154. The van der Waals surface area contributed by atoms with Crippen LogP contribution in [0.2, 0.25) is 0 Å². The Morgan fingerprint density at radius 2 is 1.91 bits per heavy atom. The molecule has 4 rings (SSSR count). The predicted molar refractivity (Wildman–Crippen MR) is 123 cm³/mol. The van der Waals surface area contributed by atoms with Crippen LogP contribution in [0.4, 0.5) is 5.13 Å². The number of aryl methyl sites for hydroxylation is 1. The third-order valence-corrected chi connectivity index (χ3v) is 6.90. The zero-order valence-corrected chi connectivity index (χ0v) is 19.6. The zero-order valence-electron chi connectivity index (χ0n) is 18.8. The molecule has 1 saturated carbocycles. The van der Waals surface area contributed by atoms with Gasteiger partial charge in [0.05, 0.1) is 17.5 Å². The third-order valence-electron chi connectivity index (χ3n) is 6.12. The summed E-state index contributed by atoms with van der Waals surface area (Å²) in [5, 5.41) is 2.43. The Hall–Kier alpha value is -3.07. The van der Waals surface area contributed by atoms with E-state index in [1.807, 2.05) is 12.3 Å². The number of benzene rings is 1. The number of imide groups is 1. The summed E-state index contributed by atoms with van der Waals surface area (Å²) in [7, 11) is 0. The second-order valence-electron chi connectivity index (χ2n) is 8.51. The van der Waals surface area contributed by atoms with Gasteiger partial charge in [-0.05, 0) is 38.8 Å². The van der Waals surface area contributed by atoms with Crippen molar-refractivity contribution in [2.45, 2.75) is 64.5 Å². The van der Waals surface area contributed by atoms with Gasteiger partial charge in [0.15, 0.2) is 11.2 Å². The summed E-state index contributed by atoms with van der Waals surface area (Å²) in [6.07, 6.45) is 5.52. The molecule has 1 aliphatic heterocycles. The highest BCUT2D eigenvalue weighted by Crippen LogP contribution is 2.30. The highest BCUT2D eigenvalue weighted by molar-refractivity contribution is 7.13. The van der Waals surface area contributed by atoms with E-state index in [-0.39, 0.29) is 24.9 Å². The van der Waals surface area contributed by atoms with Gasteiger partial charge in [-0.15, -0.1) is 11.3 Å². The number of ether oxygens (including phenoxy) is 1. The lowest BCUT2D eigenvalue weighted by Gasteiger charge is -2.33. The van der Waals surface area contributed by atoms with Gasteiger partial charge in [-0.2, -0.15) is 0 Å². The Bertz CT molecular complexity index is 1060. The van der Waals surface area contributed by atoms with E-state index in [1.54, 1.807) is 36.2 Å². The van der Waals surface area contributed by atoms with Gasteiger partial charge in [0.25, 0.3) is 17.7 Å². The number of hydrogen-bond acceptors (Lipinski definition) is 7. The van der Waals surface area contributed by atoms with Gasteiger partial charge in [-0.1, -0.05) is 30.9 Å². The summed E-state index contributed by atoms with van der Waals surface area (Å²) < 4.78 is 5.41. The van der Waals surface area contributed by atoms with Crippen molar-refractivity contribution < 1.29 is 23.9 Å². The molecule has 1 unspecified atom stereocenters. The standard InChI is InChI=1S/C24H27N3O5S/c1-15-8-9-18-19(14-15)23(31)26(22(18)30)12-10-20(28)32-16(2)21(29)27(24-25-11-13-33-24)17-6-4-3-5-7-17/h8-9,11,13-14,16-17H,3-7,10,12H2,1-2H3. The van der Waals surface area contributed by atoms with Crippen molar-refractivity contribution in [3.05, 3.63) is 46.5 Å². The number of rotatable bonds is 7. The molecular formula is C24H27N3O5S. The van der Waals surface area contributed by atoms with E-state index in [4.69, 9.17) is 4.74 Å². The van der Waals surface area contributed by atoms with Crippen LogP contribution in [0.25, 0.3) is 0 Å². The molecule has 0 spiro atoms. The molecule has 8 nitrogen and oxygen atoms in total. The summed E-state index contributed by atoms with van der Waals surface area (Å²) in [6.45, 7) is 3.30. The molecule has 0 saturated heterocycles. The van der Waals surface area contributed by atoms with Crippen LogP contribution >= 0.6 is 11.3 Å². The lowest BCUT2D eigenvalue weighted by atomic mass is 9.94. The average Bonchev–Trinajstić information content (AvgIpc) is 3.41. The van der Waals surface area contributed by atoms with E-state index in [2.05, 4.69) is 4.98 Å². The monoisotopic (exact) mass is 469 g/mol. The van der Waals surface area contributed by atoms with Gasteiger partial charge < -0.3 is 4.74 Å². The van der Waals surface area contributed by atoms with Crippen molar-refractivity contribution in [3.63, 3.8) is 0 Å². The van der Waals surface area contributed by atoms with E-state index in [0.29, 0.717) is 16.3 Å². The number of carbonyl (C=O) groups excluding carboxylic acids is 4. The highest BCUT2D eigenvalue weighted by atomic mass is 32.1. The summed E-state index contributed by atoms with van der Waals surface area (Å²) in [6, 6.07) is 5.12. The number of amides is 3. The van der Waals surface area contributed by atoms with Gasteiger partial charge in [-0.3, -0.25) is 29.0 Å². The first-order valence-electron chi connectivity index (χ1n) is 11.3. The molecule has 3 amide bonds. The number of hydrogen-bond donors (Lipinski definition) is 0. The Morgan fingerprint density at radius 1 is 1.18 bits per heavy atom. The minimum absolute atomic E-state index is 0.0420. The van der Waals surface area contributed by atoms with E-state index in [0.717, 1.165) is 42.6 Å². The summed E-state index contributed by atoms with van der Waals surface area (Å²) in [5.41, 5.74) is 1.57. The smallest absolute Gasteiger partial charge is 0.308 e. The van der Waals surface area contributed by atoms with Crippen molar-refractivity contribution in [1.29, 1.82) is 0 Å². The van der Waals surface area contributed by atoms with Gasteiger partial charge in [0.1, 0.15) is 0 Å². The quantitative estimate of drug-likeness (QED) is 0.453. The zero-order chi connectivity index (χ0) is 23.5. The van der Waals surface area contributed by atoms with Gasteiger partial charge in [0, 0.05) is 24.2 Å². The van der Waals surface area contributed by atoms with E-state index in [9.17, 15) is 19.2 Å². The molecule has 33 heavy (non-hydrogen) atoms. The third kappa shape index (κ3) is 4.83. The van der Waals surface area contributed by atoms with Crippen LogP contribution in [0, 0.1) is 6.92 Å². The molecular weight excluding hydrogens is 442 g/mol. The molecule has 1 aromatic heterocycles. The molecule has 1 atom stereocenters. The first-order chi connectivity index (χ1) is 15.9. The second-order valence-corrected chi connectivity index (χ2v) is 9.38. The van der Waals surface area contributed by atoms with Gasteiger partial charge in [0.2, 0.25) is 0 Å². The number of fused-ring (bicyclic) bond motifs is 1. The number of carbonyl (C=O) groups is 4. The SMILES string of the molecule is Cc1ccc2c(c1)C(=O)N(CCC(=O)OC(C)C(=O)N(c1nccs1)C1CCCCC1)C2=O. The summed E-state index contributed by atoms with van der Waals surface area (Å²) in [4.78, 5) is 57.9. The van der Waals surface area contributed by atoms with Crippen LogP contribution in [-0.2, 0) is 14.3 Å². The fourth-order valence-electron chi connectivity index (χ4n) is 4.42. The second kappa shape index (κ2) is 9.82. The number of esters is 1. The molecule has 1 aromatic carbocycles. The largest absolute Gasteiger partial charge is 0.452 e. The van der Waals surface area contributed by atoms with Gasteiger partial charge >= 0.3 is 5.97 Å². The van der Waals surface area contributed by atoms with Crippen LogP contribution in [0.15, 0.2) is 29.8 Å². The number of nitrogens with zero attached hydrogens (tertiary/aromatic N) is 3. The fraction of sp³-hybridized carbons (Fsp3) is 0.458. The van der Waals surface area contributed by atoms with E-state index in [1.165, 1.54) is 11.3 Å². The molecule has 2 heterocycles. The molecule has 0 bridgehead atoms. The highest BCUT2D eigenvalue weighted by Gasteiger charge is 2.36. The lowest BCUT2D eigenvalue weighted by Crippen LogP contribution is -2.47. The first kappa shape index (κ1) is 23.1. The molecule has 1 fully saturated rings. The van der Waals surface area contributed by atoms with Crippen molar-refractivity contribution in [3.8, 4) is 0 Å². The van der Waals surface area contributed by atoms with E-state index >= 15 is 0 Å². The minimum Gasteiger partial charge on any atom is -0.452 e. The van der Waals surface area contributed by atoms with Crippen LogP contribution in [0.3, 0.4) is 0 Å². The van der Waals surface area contributed by atoms with Crippen LogP contribution in [0.5, 0.6) is 0 Å². The van der Waals surface area contributed by atoms with Crippen molar-refractivity contribution in [2.24, 2.45) is 0 Å². The molecule has 0 N–H and O–H groups in total. The summed E-state index contributed by atoms with van der Waals surface area (Å²) in [5.74, 6) is -1.77. The normalized spacial score (nSPS) is 17.1. The molecule has 0 radical (unpaired) electrons. The Balaban J connectivity index is 1.36. The van der Waals surface area contributed by atoms with Crippen LogP contribution < -0.4 is 4.90 Å².